The van der Waals surface area contributed by atoms with Crippen LogP contribution in [-0.4, -0.2) is 23.6 Å². The van der Waals surface area contributed by atoms with E-state index in [1.54, 1.807) is 6.92 Å². The molecule has 0 aliphatic heterocycles. The minimum Gasteiger partial charge on any atom is -0.275 e. The van der Waals surface area contributed by atoms with Crippen molar-refractivity contribution in [1.82, 2.24) is 4.98 Å². The SMILES string of the molecule is Cc1csc(N(CC(F)(F)F)C(=O)C=Cc2c(F)cccc2F)n1. The number of nitrogens with zero attached hydrogens (tertiary/aromatic N) is 2. The molecule has 0 aliphatic rings. The maximum Gasteiger partial charge on any atom is 0.406 e. The molecule has 1 amide bonds. The van der Waals surface area contributed by atoms with Gasteiger partial charge in [0.1, 0.15) is 18.2 Å². The first-order chi connectivity index (χ1) is 11.2. The molecule has 0 saturated carbocycles. The molecule has 0 unspecified atom stereocenters. The number of halogens is 5. The average molecular weight is 362 g/mol. The predicted octanol–water partition coefficient (Wildman–Crippen LogP) is 4.34. The Morgan fingerprint density at radius 1 is 1.29 bits per heavy atom. The highest BCUT2D eigenvalue weighted by molar-refractivity contribution is 7.14. The number of hydrogen-bond acceptors (Lipinski definition) is 3. The van der Waals surface area contributed by atoms with Gasteiger partial charge in [0.25, 0.3) is 5.91 Å². The van der Waals surface area contributed by atoms with E-state index >= 15 is 0 Å². The minimum absolute atomic E-state index is 0.145. The van der Waals surface area contributed by atoms with Crippen molar-refractivity contribution in [2.75, 3.05) is 11.4 Å². The van der Waals surface area contributed by atoms with Gasteiger partial charge in [0.05, 0.1) is 5.69 Å². The molecule has 2 rings (SSSR count). The summed E-state index contributed by atoms with van der Waals surface area (Å²) in [5, 5.41) is 1.35. The van der Waals surface area contributed by atoms with Crippen LogP contribution in [0, 0.1) is 18.6 Å². The molecule has 1 aromatic carbocycles. The summed E-state index contributed by atoms with van der Waals surface area (Å²) in [5.74, 6) is -2.93. The van der Waals surface area contributed by atoms with Crippen LogP contribution in [-0.2, 0) is 4.79 Å². The van der Waals surface area contributed by atoms with Crippen LogP contribution in [0.5, 0.6) is 0 Å². The Morgan fingerprint density at radius 3 is 2.42 bits per heavy atom. The van der Waals surface area contributed by atoms with Crippen LogP contribution in [0.25, 0.3) is 6.08 Å². The van der Waals surface area contributed by atoms with E-state index in [4.69, 9.17) is 0 Å². The van der Waals surface area contributed by atoms with Crippen molar-refractivity contribution in [1.29, 1.82) is 0 Å². The second-order valence-corrected chi connectivity index (χ2v) is 5.62. The van der Waals surface area contributed by atoms with Crippen LogP contribution in [0.2, 0.25) is 0 Å². The first kappa shape index (κ1) is 18.1. The zero-order chi connectivity index (χ0) is 17.9. The predicted molar refractivity (Wildman–Crippen MR) is 80.7 cm³/mol. The van der Waals surface area contributed by atoms with E-state index in [2.05, 4.69) is 4.98 Å². The van der Waals surface area contributed by atoms with E-state index in [1.165, 1.54) is 5.38 Å². The van der Waals surface area contributed by atoms with Gasteiger partial charge in [-0.15, -0.1) is 11.3 Å². The number of rotatable bonds is 4. The van der Waals surface area contributed by atoms with Crippen molar-refractivity contribution in [3.8, 4) is 0 Å². The number of amides is 1. The van der Waals surface area contributed by atoms with E-state index < -0.39 is 35.8 Å². The van der Waals surface area contributed by atoms with E-state index in [0.717, 1.165) is 35.6 Å². The summed E-state index contributed by atoms with van der Waals surface area (Å²) in [7, 11) is 0. The number of hydrogen-bond donors (Lipinski definition) is 0. The Labute approximate surface area is 138 Å². The number of aromatic nitrogens is 1. The zero-order valence-corrected chi connectivity index (χ0v) is 13.1. The second kappa shape index (κ2) is 7.08. The Hall–Kier alpha value is -2.29. The van der Waals surface area contributed by atoms with Gasteiger partial charge in [-0.3, -0.25) is 9.69 Å². The lowest BCUT2D eigenvalue weighted by Gasteiger charge is -2.19. The van der Waals surface area contributed by atoms with Crippen molar-refractivity contribution in [3.63, 3.8) is 0 Å². The molecule has 0 aliphatic carbocycles. The highest BCUT2D eigenvalue weighted by Gasteiger charge is 2.34. The third kappa shape index (κ3) is 4.60. The van der Waals surface area contributed by atoms with E-state index in [-0.39, 0.29) is 5.13 Å². The number of anilines is 1. The van der Waals surface area contributed by atoms with Crippen LogP contribution in [0.15, 0.2) is 29.7 Å². The van der Waals surface area contributed by atoms with Gasteiger partial charge >= 0.3 is 6.18 Å². The van der Waals surface area contributed by atoms with Crippen molar-refractivity contribution in [2.24, 2.45) is 0 Å². The standard InChI is InChI=1S/C15H11F5N2OS/c1-9-7-24-14(21-9)22(8-15(18,19)20)13(23)6-5-10-11(16)3-2-4-12(10)17/h2-7H,8H2,1H3. The van der Waals surface area contributed by atoms with E-state index in [9.17, 15) is 26.7 Å². The van der Waals surface area contributed by atoms with Crippen molar-refractivity contribution < 1.29 is 26.7 Å². The maximum atomic E-state index is 13.5. The molecule has 0 radical (unpaired) electrons. The molecule has 0 N–H and O–H groups in total. The third-order valence-corrected chi connectivity index (χ3v) is 3.81. The fourth-order valence-electron chi connectivity index (χ4n) is 1.80. The highest BCUT2D eigenvalue weighted by atomic mass is 32.1. The molecular formula is C15H11F5N2OS. The Balaban J connectivity index is 2.29. The molecule has 1 aromatic heterocycles. The molecule has 3 nitrogen and oxygen atoms in total. The zero-order valence-electron chi connectivity index (χ0n) is 12.3. The van der Waals surface area contributed by atoms with Gasteiger partial charge in [0.2, 0.25) is 0 Å². The van der Waals surface area contributed by atoms with Crippen LogP contribution in [0.1, 0.15) is 11.3 Å². The number of carbonyl (C=O) groups excluding carboxylic acids is 1. The van der Waals surface area contributed by atoms with Gasteiger partial charge in [-0.05, 0) is 25.1 Å². The fourth-order valence-corrected chi connectivity index (χ4v) is 2.61. The van der Waals surface area contributed by atoms with Crippen molar-refractivity contribution in [3.05, 3.63) is 52.5 Å². The summed E-state index contributed by atoms with van der Waals surface area (Å²) in [6.45, 7) is 0.0175. The lowest BCUT2D eigenvalue weighted by atomic mass is 10.2. The summed E-state index contributed by atoms with van der Waals surface area (Å²) in [4.78, 5) is 16.3. The first-order valence-electron chi connectivity index (χ1n) is 6.60. The number of thiazole rings is 1. The molecule has 128 valence electrons. The minimum atomic E-state index is -4.65. The molecule has 0 spiro atoms. The first-order valence-corrected chi connectivity index (χ1v) is 7.48. The van der Waals surface area contributed by atoms with Crippen LogP contribution in [0.3, 0.4) is 0 Å². The van der Waals surface area contributed by atoms with Crippen LogP contribution < -0.4 is 4.90 Å². The monoisotopic (exact) mass is 362 g/mol. The van der Waals surface area contributed by atoms with Gasteiger partial charge < -0.3 is 0 Å². The molecule has 0 bridgehead atoms. The van der Waals surface area contributed by atoms with Crippen molar-refractivity contribution in [2.45, 2.75) is 13.1 Å². The maximum absolute atomic E-state index is 13.5. The second-order valence-electron chi connectivity index (χ2n) is 4.78. The fraction of sp³-hybridized carbons (Fsp3) is 0.200. The Bertz CT molecular complexity index is 749. The number of aryl methyl sites for hydroxylation is 1. The van der Waals surface area contributed by atoms with Crippen molar-refractivity contribution >= 4 is 28.5 Å². The summed E-state index contributed by atoms with van der Waals surface area (Å²) in [6.07, 6.45) is -3.16. The molecule has 24 heavy (non-hydrogen) atoms. The molecule has 1 heterocycles. The highest BCUT2D eigenvalue weighted by Crippen LogP contribution is 2.26. The Morgan fingerprint density at radius 2 is 1.92 bits per heavy atom. The van der Waals surface area contributed by atoms with Gasteiger partial charge in [-0.2, -0.15) is 13.2 Å². The molecule has 9 heteroatoms. The van der Waals surface area contributed by atoms with Gasteiger partial charge in [0, 0.05) is 17.0 Å². The average Bonchev–Trinajstić information content (AvgIpc) is 2.89. The lowest BCUT2D eigenvalue weighted by molar-refractivity contribution is -0.129. The van der Waals surface area contributed by atoms with E-state index in [0.29, 0.717) is 16.7 Å². The van der Waals surface area contributed by atoms with E-state index in [1.807, 2.05) is 0 Å². The number of alkyl halides is 3. The number of benzene rings is 1. The van der Waals surface area contributed by atoms with Gasteiger partial charge in [-0.1, -0.05) is 6.07 Å². The van der Waals surface area contributed by atoms with Gasteiger partial charge in [-0.25, -0.2) is 13.8 Å². The molecule has 0 saturated heterocycles. The molecule has 0 fully saturated rings. The normalized spacial score (nSPS) is 11.9. The summed E-state index contributed by atoms with van der Waals surface area (Å²) in [6, 6.07) is 3.09. The smallest absolute Gasteiger partial charge is 0.275 e. The quantitative estimate of drug-likeness (QED) is 0.599. The Kier molecular flexibility index (Phi) is 5.33. The summed E-state index contributed by atoms with van der Waals surface area (Å²) >= 11 is 0.867. The van der Waals surface area contributed by atoms with Crippen LogP contribution in [0.4, 0.5) is 27.1 Å². The topological polar surface area (TPSA) is 33.2 Å². The third-order valence-electron chi connectivity index (χ3n) is 2.83. The number of carbonyl (C=O) groups is 1. The molecular weight excluding hydrogens is 351 g/mol. The van der Waals surface area contributed by atoms with Crippen LogP contribution >= 0.6 is 11.3 Å². The summed E-state index contributed by atoms with van der Waals surface area (Å²) < 4.78 is 65.1. The molecule has 2 aromatic rings. The van der Waals surface area contributed by atoms with Gasteiger partial charge in [0.15, 0.2) is 5.13 Å². The summed E-state index contributed by atoms with van der Waals surface area (Å²) in [5.41, 5.74) is -0.0489. The molecule has 0 atom stereocenters. The largest absolute Gasteiger partial charge is 0.406 e. The lowest BCUT2D eigenvalue weighted by Crippen LogP contribution is -2.38.